The van der Waals surface area contributed by atoms with E-state index in [0.29, 0.717) is 0 Å². The van der Waals surface area contributed by atoms with Gasteiger partial charge in [-0.3, -0.25) is 5.32 Å². The zero-order chi connectivity index (χ0) is 10.7. The van der Waals surface area contributed by atoms with E-state index >= 15 is 0 Å². The summed E-state index contributed by atoms with van der Waals surface area (Å²) >= 11 is 5.87. The molecule has 1 aliphatic heterocycles. The molecule has 1 aliphatic rings. The van der Waals surface area contributed by atoms with Crippen LogP contribution in [0.2, 0.25) is 0 Å². The monoisotopic (exact) mass is 227 g/mol. The molecule has 15 heavy (non-hydrogen) atoms. The minimum Gasteiger partial charge on any atom is -0.497 e. The van der Waals surface area contributed by atoms with Gasteiger partial charge in [0, 0.05) is 6.54 Å². The molecule has 2 rings (SSSR count). The van der Waals surface area contributed by atoms with E-state index in [2.05, 4.69) is 16.2 Å². The third kappa shape index (κ3) is 2.60. The number of hydrogen-bond acceptors (Lipinski definition) is 4. The molecule has 0 saturated carbocycles. The molecule has 5 heteroatoms. The van der Waals surface area contributed by atoms with Crippen LogP contribution in [0.4, 0.5) is 0 Å². The lowest BCUT2D eigenvalue weighted by atomic mass is 10.2. The maximum atomic E-state index is 5.87. The van der Waals surface area contributed by atoms with E-state index in [-0.39, 0.29) is 11.7 Å². The number of nitrogens with one attached hydrogen (secondary N) is 3. The average molecular weight is 228 g/mol. The van der Waals surface area contributed by atoms with E-state index in [4.69, 9.17) is 16.3 Å². The molecule has 0 radical (unpaired) electrons. The number of rotatable bonds is 4. The Bertz CT molecular complexity index is 317. The van der Waals surface area contributed by atoms with Crippen LogP contribution in [-0.4, -0.2) is 18.8 Å². The summed E-state index contributed by atoms with van der Waals surface area (Å²) in [6, 6.07) is 7.95. The van der Waals surface area contributed by atoms with Crippen LogP contribution in [0.1, 0.15) is 5.56 Å². The van der Waals surface area contributed by atoms with Crippen molar-refractivity contribution >= 4 is 11.6 Å². The molecule has 0 aromatic heterocycles. The fourth-order valence-electron chi connectivity index (χ4n) is 1.36. The van der Waals surface area contributed by atoms with E-state index in [9.17, 15) is 0 Å². The summed E-state index contributed by atoms with van der Waals surface area (Å²) in [5.41, 5.74) is 6.98. The summed E-state index contributed by atoms with van der Waals surface area (Å²) in [7, 11) is 1.66. The van der Waals surface area contributed by atoms with Crippen molar-refractivity contribution in [1.82, 2.24) is 16.2 Å². The van der Waals surface area contributed by atoms with Crippen LogP contribution in [0.15, 0.2) is 24.3 Å². The van der Waals surface area contributed by atoms with Gasteiger partial charge in [0.25, 0.3) is 0 Å². The first-order valence-corrected chi connectivity index (χ1v) is 5.24. The molecular weight excluding hydrogens is 214 g/mol. The van der Waals surface area contributed by atoms with Crippen molar-refractivity contribution in [2.45, 2.75) is 18.2 Å². The topological polar surface area (TPSA) is 45.3 Å². The molecule has 82 valence electrons. The highest BCUT2D eigenvalue weighted by molar-refractivity contribution is 6.21. The van der Waals surface area contributed by atoms with Crippen molar-refractivity contribution in [2.75, 3.05) is 7.11 Å². The van der Waals surface area contributed by atoms with Crippen LogP contribution in [0, 0.1) is 0 Å². The highest BCUT2D eigenvalue weighted by Crippen LogP contribution is 2.11. The van der Waals surface area contributed by atoms with Crippen molar-refractivity contribution < 1.29 is 4.74 Å². The van der Waals surface area contributed by atoms with Gasteiger partial charge < -0.3 is 4.74 Å². The van der Waals surface area contributed by atoms with Gasteiger partial charge in [0.15, 0.2) is 0 Å². The van der Waals surface area contributed by atoms with Gasteiger partial charge >= 0.3 is 0 Å². The maximum absolute atomic E-state index is 5.87. The van der Waals surface area contributed by atoms with Crippen LogP contribution >= 0.6 is 11.6 Å². The van der Waals surface area contributed by atoms with Crippen molar-refractivity contribution in [2.24, 2.45) is 0 Å². The van der Waals surface area contributed by atoms with Crippen molar-refractivity contribution in [1.29, 1.82) is 0 Å². The molecular formula is C10H14ClN3O. The molecule has 0 amide bonds. The second-order valence-corrected chi connectivity index (χ2v) is 3.87. The number of halogens is 1. The number of hydrazine groups is 1. The molecule has 1 fully saturated rings. The number of methoxy groups -OCH3 is 1. The largest absolute Gasteiger partial charge is 0.497 e. The van der Waals surface area contributed by atoms with Crippen LogP contribution in [0.5, 0.6) is 5.75 Å². The third-order valence-electron chi connectivity index (χ3n) is 2.35. The van der Waals surface area contributed by atoms with Gasteiger partial charge in [-0.25, -0.2) is 10.9 Å². The zero-order valence-electron chi connectivity index (χ0n) is 8.46. The Balaban J connectivity index is 1.82. The lowest BCUT2D eigenvalue weighted by Crippen LogP contribution is -2.70. The molecule has 3 N–H and O–H groups in total. The summed E-state index contributed by atoms with van der Waals surface area (Å²) in [6.07, 6.45) is 0.133. The molecule has 0 spiro atoms. The van der Waals surface area contributed by atoms with E-state index in [0.717, 1.165) is 12.3 Å². The molecule has 1 heterocycles. The smallest absolute Gasteiger partial charge is 0.125 e. The lowest BCUT2D eigenvalue weighted by molar-refractivity contribution is 0.221. The summed E-state index contributed by atoms with van der Waals surface area (Å²) < 4.78 is 5.08. The Morgan fingerprint density at radius 1 is 1.33 bits per heavy atom. The van der Waals surface area contributed by atoms with Gasteiger partial charge in [0.05, 0.1) is 7.11 Å². The van der Waals surface area contributed by atoms with E-state index in [1.54, 1.807) is 7.11 Å². The Labute approximate surface area is 93.9 Å². The van der Waals surface area contributed by atoms with E-state index in [1.165, 1.54) is 5.56 Å². The first-order chi connectivity index (χ1) is 7.29. The highest BCUT2D eigenvalue weighted by atomic mass is 35.5. The fourth-order valence-corrected chi connectivity index (χ4v) is 1.57. The highest BCUT2D eigenvalue weighted by Gasteiger charge is 2.26. The Hall–Kier alpha value is -0.810. The van der Waals surface area contributed by atoms with E-state index < -0.39 is 0 Å². The van der Waals surface area contributed by atoms with Gasteiger partial charge in [0.1, 0.15) is 17.4 Å². The van der Waals surface area contributed by atoms with Crippen LogP contribution < -0.4 is 20.9 Å². The van der Waals surface area contributed by atoms with Gasteiger partial charge in [-0.05, 0) is 17.7 Å². The first kappa shape index (κ1) is 10.7. The normalized spacial score (nSPS) is 24.7. The molecule has 1 aromatic rings. The average Bonchev–Trinajstić information content (AvgIpc) is 2.28. The second-order valence-electron chi connectivity index (χ2n) is 3.40. The predicted molar refractivity (Wildman–Crippen MR) is 59.5 cm³/mol. The van der Waals surface area contributed by atoms with Crippen LogP contribution in [0.25, 0.3) is 0 Å². The van der Waals surface area contributed by atoms with Gasteiger partial charge in [-0.2, -0.15) is 0 Å². The Morgan fingerprint density at radius 2 is 2.07 bits per heavy atom. The zero-order valence-corrected chi connectivity index (χ0v) is 9.21. The summed E-state index contributed by atoms with van der Waals surface area (Å²) in [4.78, 5) is 0. The lowest BCUT2D eigenvalue weighted by Gasteiger charge is -2.35. The second kappa shape index (κ2) is 4.81. The minimum absolute atomic E-state index is 0.0387. The Kier molecular flexibility index (Phi) is 3.43. The predicted octanol–water partition coefficient (Wildman–Crippen LogP) is 0.784. The quantitative estimate of drug-likeness (QED) is 0.526. The van der Waals surface area contributed by atoms with Gasteiger partial charge in [0.2, 0.25) is 0 Å². The summed E-state index contributed by atoms with van der Waals surface area (Å²) in [5, 5.41) is 3.28. The molecule has 2 atom stereocenters. The Morgan fingerprint density at radius 3 is 2.53 bits per heavy atom. The SMILES string of the molecule is COc1ccc(CN[C@@H]2NNC2Cl)cc1. The molecule has 1 saturated heterocycles. The molecule has 0 bridgehead atoms. The van der Waals surface area contributed by atoms with Crippen LogP contribution in [-0.2, 0) is 6.54 Å². The number of benzene rings is 1. The number of alkyl halides is 1. The van der Waals surface area contributed by atoms with Crippen molar-refractivity contribution in [3.05, 3.63) is 29.8 Å². The molecule has 0 aliphatic carbocycles. The minimum atomic E-state index is -0.0387. The van der Waals surface area contributed by atoms with Crippen LogP contribution in [0.3, 0.4) is 0 Å². The van der Waals surface area contributed by atoms with Gasteiger partial charge in [-0.1, -0.05) is 12.1 Å². The number of ether oxygens (including phenoxy) is 1. The van der Waals surface area contributed by atoms with Crippen molar-refractivity contribution in [3.63, 3.8) is 0 Å². The van der Waals surface area contributed by atoms with Crippen molar-refractivity contribution in [3.8, 4) is 5.75 Å². The summed E-state index contributed by atoms with van der Waals surface area (Å²) in [6.45, 7) is 0.784. The molecule has 1 unspecified atom stereocenters. The van der Waals surface area contributed by atoms with Gasteiger partial charge in [-0.15, -0.1) is 11.6 Å². The third-order valence-corrected chi connectivity index (χ3v) is 2.72. The summed E-state index contributed by atoms with van der Waals surface area (Å²) in [5.74, 6) is 0.873. The fraction of sp³-hybridized carbons (Fsp3) is 0.400. The molecule has 4 nitrogen and oxygen atoms in total. The van der Waals surface area contributed by atoms with E-state index in [1.807, 2.05) is 24.3 Å². The molecule has 1 aromatic carbocycles. The maximum Gasteiger partial charge on any atom is 0.125 e. The standard InChI is InChI=1S/C10H14ClN3O/c1-15-8-4-2-7(3-5-8)6-12-10-9(11)13-14-10/h2-5,9-10,12-14H,6H2,1H3/t9?,10-/m1/s1. The first-order valence-electron chi connectivity index (χ1n) is 4.81. The number of hydrogen-bond donors (Lipinski definition) is 3.